The van der Waals surface area contributed by atoms with Crippen LogP contribution in [0.25, 0.3) is 10.9 Å². The Hall–Kier alpha value is -3.12. The molecule has 6 nitrogen and oxygen atoms in total. The highest BCUT2D eigenvalue weighted by molar-refractivity contribution is 5.94. The number of aromatic amines is 1. The van der Waals surface area contributed by atoms with E-state index in [0.717, 1.165) is 22.2 Å². The van der Waals surface area contributed by atoms with E-state index >= 15 is 0 Å². The molecule has 33 heavy (non-hydrogen) atoms. The fourth-order valence-electron chi connectivity index (χ4n) is 5.02. The van der Waals surface area contributed by atoms with Crippen molar-refractivity contribution in [1.29, 1.82) is 0 Å². The molecule has 1 aliphatic heterocycles. The lowest BCUT2D eigenvalue weighted by molar-refractivity contribution is -0.137. The summed E-state index contributed by atoms with van der Waals surface area (Å²) in [5.41, 5.74) is 5.03. The maximum Gasteiger partial charge on any atom is 0.253 e. The molecule has 1 aliphatic rings. The van der Waals surface area contributed by atoms with E-state index in [0.29, 0.717) is 12.0 Å². The van der Waals surface area contributed by atoms with Gasteiger partial charge in [0.15, 0.2) is 0 Å². The summed E-state index contributed by atoms with van der Waals surface area (Å²) in [5.74, 6) is 0.0994. The van der Waals surface area contributed by atoms with Gasteiger partial charge in [-0.3, -0.25) is 14.9 Å². The van der Waals surface area contributed by atoms with E-state index in [-0.39, 0.29) is 36.0 Å². The number of carbonyl (C=O) groups excluding carboxylic acids is 2. The summed E-state index contributed by atoms with van der Waals surface area (Å²) in [6.07, 6.45) is 0.641. The second-order valence-electron chi connectivity index (χ2n) is 9.67. The van der Waals surface area contributed by atoms with Crippen LogP contribution in [0.15, 0.2) is 48.5 Å². The summed E-state index contributed by atoms with van der Waals surface area (Å²) in [6, 6.07) is 15.7. The Bertz CT molecular complexity index is 1150. The van der Waals surface area contributed by atoms with Crippen LogP contribution < -0.4 is 5.32 Å². The van der Waals surface area contributed by atoms with E-state index in [1.807, 2.05) is 41.3 Å². The number of hydrogen-bond acceptors (Lipinski definition) is 3. The molecule has 4 rings (SSSR count). The average Bonchev–Trinajstić information content (AvgIpc) is 3.16. The van der Waals surface area contributed by atoms with Crippen molar-refractivity contribution >= 4 is 22.7 Å². The number of para-hydroxylation sites is 1. The maximum atomic E-state index is 13.6. The summed E-state index contributed by atoms with van der Waals surface area (Å²) in [5, 5.41) is 4.79. The van der Waals surface area contributed by atoms with Crippen LogP contribution in [0, 0.1) is 0 Å². The van der Waals surface area contributed by atoms with Gasteiger partial charge in [0.2, 0.25) is 5.91 Å². The van der Waals surface area contributed by atoms with Crippen molar-refractivity contribution in [2.75, 3.05) is 14.1 Å². The van der Waals surface area contributed by atoms with Crippen LogP contribution in [0.2, 0.25) is 0 Å². The number of benzene rings is 2. The van der Waals surface area contributed by atoms with Crippen molar-refractivity contribution in [2.24, 2.45) is 0 Å². The van der Waals surface area contributed by atoms with Crippen molar-refractivity contribution < 1.29 is 9.59 Å². The molecule has 2 atom stereocenters. The summed E-state index contributed by atoms with van der Waals surface area (Å²) < 4.78 is 0. The number of carbonyl (C=O) groups is 2. The first-order valence-corrected chi connectivity index (χ1v) is 11.7. The topological polar surface area (TPSA) is 68.4 Å². The monoisotopic (exact) mass is 446 g/mol. The van der Waals surface area contributed by atoms with E-state index in [9.17, 15) is 9.59 Å². The summed E-state index contributed by atoms with van der Waals surface area (Å²) >= 11 is 0. The molecule has 1 aromatic heterocycles. The van der Waals surface area contributed by atoms with Gasteiger partial charge in [-0.1, -0.05) is 30.3 Å². The summed E-state index contributed by atoms with van der Waals surface area (Å²) in [7, 11) is 3.50. The number of nitrogens with zero attached hydrogens (tertiary/aromatic N) is 2. The molecule has 2 aromatic carbocycles. The molecule has 0 radical (unpaired) electrons. The Morgan fingerprint density at radius 2 is 1.58 bits per heavy atom. The quantitative estimate of drug-likeness (QED) is 0.620. The fourth-order valence-corrected chi connectivity index (χ4v) is 5.02. The zero-order valence-electron chi connectivity index (χ0n) is 20.3. The molecule has 0 fully saturated rings. The fraction of sp³-hybridized carbons (Fsp3) is 0.407. The summed E-state index contributed by atoms with van der Waals surface area (Å²) in [6.45, 7) is 8.26. The van der Waals surface area contributed by atoms with Gasteiger partial charge in [-0.25, -0.2) is 0 Å². The van der Waals surface area contributed by atoms with Gasteiger partial charge in [0.05, 0.1) is 12.1 Å². The van der Waals surface area contributed by atoms with Crippen molar-refractivity contribution in [3.05, 3.63) is 70.9 Å². The van der Waals surface area contributed by atoms with Gasteiger partial charge in [-0.15, -0.1) is 0 Å². The highest BCUT2D eigenvalue weighted by atomic mass is 16.2. The number of aromatic nitrogens is 1. The molecule has 0 saturated heterocycles. The zero-order chi connectivity index (χ0) is 23.9. The third-order valence-corrected chi connectivity index (χ3v) is 6.47. The molecule has 2 N–H and O–H groups in total. The van der Waals surface area contributed by atoms with Crippen LogP contribution in [0.1, 0.15) is 60.9 Å². The van der Waals surface area contributed by atoms with Crippen LogP contribution in [-0.4, -0.2) is 58.8 Å². The Kier molecular flexibility index (Phi) is 6.30. The van der Waals surface area contributed by atoms with Crippen LogP contribution in [-0.2, 0) is 11.2 Å². The minimum atomic E-state index is -0.324. The molecular weight excluding hydrogens is 412 g/mol. The Labute approximate surface area is 196 Å². The molecule has 2 heterocycles. The van der Waals surface area contributed by atoms with E-state index in [1.165, 1.54) is 5.56 Å². The smallest absolute Gasteiger partial charge is 0.253 e. The van der Waals surface area contributed by atoms with E-state index in [4.69, 9.17) is 0 Å². The van der Waals surface area contributed by atoms with Gasteiger partial charge < -0.3 is 14.8 Å². The second-order valence-corrected chi connectivity index (χ2v) is 9.67. The number of hydrogen-bond donors (Lipinski definition) is 2. The molecule has 6 heteroatoms. The highest BCUT2D eigenvalue weighted by Crippen LogP contribution is 2.36. The first-order valence-electron chi connectivity index (χ1n) is 11.7. The molecule has 0 aliphatic carbocycles. The molecule has 0 unspecified atom stereocenters. The largest absolute Gasteiger partial charge is 0.357 e. The third kappa shape index (κ3) is 4.27. The predicted octanol–water partition coefficient (Wildman–Crippen LogP) is 4.12. The first-order chi connectivity index (χ1) is 15.7. The van der Waals surface area contributed by atoms with Crippen molar-refractivity contribution in [3.8, 4) is 0 Å². The van der Waals surface area contributed by atoms with Crippen LogP contribution in [0.4, 0.5) is 0 Å². The number of fused-ring (bicyclic) bond motifs is 3. The van der Waals surface area contributed by atoms with Crippen molar-refractivity contribution in [2.45, 2.75) is 58.3 Å². The van der Waals surface area contributed by atoms with E-state index < -0.39 is 0 Å². The average molecular weight is 447 g/mol. The standard InChI is InChI=1S/C27H34N4O2/c1-16(2)31(17(3)4)27(33)23-15-21-20-9-7-8-10-22(20)28-25(21)24(29-23)18-11-13-19(14-12-18)26(32)30(5)6/h7-14,16-17,23-24,28-29H,15H2,1-6H3/t23-,24+/m1/s1. The summed E-state index contributed by atoms with van der Waals surface area (Å²) in [4.78, 5) is 33.1. The van der Waals surface area contributed by atoms with E-state index in [2.05, 4.69) is 50.1 Å². The molecular formula is C27H34N4O2. The number of rotatable bonds is 5. The molecule has 2 amide bonds. The second kappa shape index (κ2) is 9.02. The lowest BCUT2D eigenvalue weighted by Gasteiger charge is -2.38. The van der Waals surface area contributed by atoms with Crippen LogP contribution in [0.5, 0.6) is 0 Å². The lowest BCUT2D eigenvalue weighted by Crippen LogP contribution is -2.54. The van der Waals surface area contributed by atoms with Crippen molar-refractivity contribution in [3.63, 3.8) is 0 Å². The van der Waals surface area contributed by atoms with Gasteiger partial charge in [0.25, 0.3) is 5.91 Å². The van der Waals surface area contributed by atoms with E-state index in [1.54, 1.807) is 19.0 Å². The zero-order valence-corrected chi connectivity index (χ0v) is 20.3. The highest BCUT2D eigenvalue weighted by Gasteiger charge is 2.37. The third-order valence-electron chi connectivity index (χ3n) is 6.47. The molecule has 0 spiro atoms. The normalized spacial score (nSPS) is 17.9. The Morgan fingerprint density at radius 3 is 2.18 bits per heavy atom. The van der Waals surface area contributed by atoms with Gasteiger partial charge in [-0.2, -0.15) is 0 Å². The lowest BCUT2D eigenvalue weighted by atomic mass is 9.89. The maximum absolute atomic E-state index is 13.6. The Morgan fingerprint density at radius 1 is 0.939 bits per heavy atom. The van der Waals surface area contributed by atoms with Crippen LogP contribution >= 0.6 is 0 Å². The van der Waals surface area contributed by atoms with Crippen LogP contribution in [0.3, 0.4) is 0 Å². The van der Waals surface area contributed by atoms with Gasteiger partial charge in [0.1, 0.15) is 0 Å². The number of nitrogens with one attached hydrogen (secondary N) is 2. The van der Waals surface area contributed by atoms with Gasteiger partial charge in [-0.05, 0) is 63.4 Å². The predicted molar refractivity (Wildman–Crippen MR) is 132 cm³/mol. The molecule has 174 valence electrons. The SMILES string of the molecule is CC(C)N(C(=O)[C@H]1Cc2c([nH]c3ccccc23)[C@H](c2ccc(C(=O)N(C)C)cc2)N1)C(C)C. The molecule has 0 saturated carbocycles. The first kappa shape index (κ1) is 23.1. The minimum absolute atomic E-state index is 0.0259. The Balaban J connectivity index is 1.76. The number of H-pyrrole nitrogens is 1. The van der Waals surface area contributed by atoms with Gasteiger partial charge >= 0.3 is 0 Å². The molecule has 0 bridgehead atoms. The molecule has 3 aromatic rings. The van der Waals surface area contributed by atoms with Crippen molar-refractivity contribution in [1.82, 2.24) is 20.1 Å². The van der Waals surface area contributed by atoms with Gasteiger partial charge in [0, 0.05) is 48.3 Å². The number of amides is 2. The minimum Gasteiger partial charge on any atom is -0.357 e.